The van der Waals surface area contributed by atoms with Gasteiger partial charge in [-0.05, 0) is 53.6 Å². The van der Waals surface area contributed by atoms with Crippen LogP contribution in [0.1, 0.15) is 0 Å². The molecule has 0 fully saturated rings. The molecule has 0 radical (unpaired) electrons. The van der Waals surface area contributed by atoms with E-state index in [0.29, 0.717) is 0 Å². The zero-order chi connectivity index (χ0) is 21.8. The molecule has 0 aliphatic rings. The summed E-state index contributed by atoms with van der Waals surface area (Å²) in [6, 6.07) is 37.3. The third-order valence-corrected chi connectivity index (χ3v) is 6.28. The third-order valence-electron chi connectivity index (χ3n) is 6.28. The van der Waals surface area contributed by atoms with E-state index in [1.54, 1.807) is 0 Å². The first kappa shape index (κ1) is 18.1. The average Bonchev–Trinajstić information content (AvgIpc) is 3.43. The number of furan rings is 2. The van der Waals surface area contributed by atoms with Crippen LogP contribution in [0.3, 0.4) is 0 Å². The Hall–Kier alpha value is -4.50. The molecular weight excluding hydrogens is 406 g/mol. The van der Waals surface area contributed by atoms with Gasteiger partial charge in [0.25, 0.3) is 0 Å². The van der Waals surface area contributed by atoms with Crippen molar-refractivity contribution in [3.8, 4) is 11.1 Å². The van der Waals surface area contributed by atoms with Crippen molar-refractivity contribution in [1.29, 1.82) is 0 Å². The van der Waals surface area contributed by atoms with E-state index in [-0.39, 0.29) is 0 Å². The van der Waals surface area contributed by atoms with Gasteiger partial charge in [-0.1, -0.05) is 66.7 Å². The molecule has 5 aromatic carbocycles. The number of hydrogen-bond donors (Lipinski definition) is 1. The van der Waals surface area contributed by atoms with Crippen molar-refractivity contribution in [2.24, 2.45) is 0 Å². The largest absolute Gasteiger partial charge is 0.456 e. The van der Waals surface area contributed by atoms with E-state index < -0.39 is 0 Å². The normalized spacial score (nSPS) is 11.6. The van der Waals surface area contributed by atoms with Gasteiger partial charge in [0, 0.05) is 21.8 Å². The zero-order valence-corrected chi connectivity index (χ0v) is 17.7. The molecule has 0 saturated heterocycles. The number of para-hydroxylation sites is 2. The number of benzene rings is 5. The van der Waals surface area contributed by atoms with Crippen molar-refractivity contribution in [2.45, 2.75) is 0 Å². The molecule has 1 N–H and O–H groups in total. The minimum absolute atomic E-state index is 0.885. The molecule has 2 heterocycles. The van der Waals surface area contributed by atoms with Crippen molar-refractivity contribution < 1.29 is 8.83 Å². The van der Waals surface area contributed by atoms with Gasteiger partial charge >= 0.3 is 0 Å². The standard InChI is InChI=1S/C30H19NO2/c1-3-11-25-22(7-1)29-21(9-5-13-27(29)32-25)19-15-17-20(18-16-19)31-24-10-6-14-28-30(24)23-8-2-4-12-26(23)33-28/h1-18,31H. The second kappa shape index (κ2) is 7.01. The number of nitrogens with one attached hydrogen (secondary N) is 1. The molecule has 0 spiro atoms. The lowest BCUT2D eigenvalue weighted by atomic mass is 9.99. The predicted molar refractivity (Wildman–Crippen MR) is 136 cm³/mol. The van der Waals surface area contributed by atoms with E-state index in [1.807, 2.05) is 48.5 Å². The van der Waals surface area contributed by atoms with Gasteiger partial charge in [0.05, 0.1) is 11.1 Å². The van der Waals surface area contributed by atoms with Crippen LogP contribution in [0.25, 0.3) is 55.0 Å². The van der Waals surface area contributed by atoms with E-state index in [9.17, 15) is 0 Å². The lowest BCUT2D eigenvalue weighted by Crippen LogP contribution is -1.91. The lowest BCUT2D eigenvalue weighted by molar-refractivity contribution is 0.668. The van der Waals surface area contributed by atoms with Crippen LogP contribution in [0.5, 0.6) is 0 Å². The van der Waals surface area contributed by atoms with Crippen LogP contribution in [-0.2, 0) is 0 Å². The minimum atomic E-state index is 0.885. The van der Waals surface area contributed by atoms with Crippen LogP contribution in [0.4, 0.5) is 11.4 Å². The van der Waals surface area contributed by atoms with Crippen LogP contribution < -0.4 is 5.32 Å². The zero-order valence-electron chi connectivity index (χ0n) is 17.7. The van der Waals surface area contributed by atoms with Crippen LogP contribution in [0, 0.1) is 0 Å². The Kier molecular flexibility index (Phi) is 3.84. The van der Waals surface area contributed by atoms with Crippen LogP contribution >= 0.6 is 0 Å². The lowest BCUT2D eigenvalue weighted by Gasteiger charge is -2.10. The van der Waals surface area contributed by atoms with E-state index >= 15 is 0 Å². The summed E-state index contributed by atoms with van der Waals surface area (Å²) in [7, 11) is 0. The molecular formula is C30H19NO2. The summed E-state index contributed by atoms with van der Waals surface area (Å²) in [5, 5.41) is 8.11. The Labute approximate surface area is 189 Å². The Balaban J connectivity index is 1.30. The predicted octanol–water partition coefficient (Wildman–Crippen LogP) is 8.90. The van der Waals surface area contributed by atoms with Crippen molar-refractivity contribution in [3.63, 3.8) is 0 Å². The number of rotatable bonds is 3. The maximum absolute atomic E-state index is 6.06. The van der Waals surface area contributed by atoms with Gasteiger partial charge in [-0.25, -0.2) is 0 Å². The molecule has 3 nitrogen and oxygen atoms in total. The molecule has 2 aromatic heterocycles. The molecule has 156 valence electrons. The van der Waals surface area contributed by atoms with Gasteiger partial charge in [0.15, 0.2) is 0 Å². The van der Waals surface area contributed by atoms with E-state index in [2.05, 4.69) is 66.0 Å². The Morgan fingerprint density at radius 3 is 1.76 bits per heavy atom. The van der Waals surface area contributed by atoms with Crippen molar-refractivity contribution in [2.75, 3.05) is 5.32 Å². The molecule has 0 aliphatic heterocycles. The molecule has 0 atom stereocenters. The maximum Gasteiger partial charge on any atom is 0.137 e. The van der Waals surface area contributed by atoms with E-state index in [4.69, 9.17) is 8.83 Å². The quantitative estimate of drug-likeness (QED) is 0.307. The minimum Gasteiger partial charge on any atom is -0.456 e. The first-order valence-corrected chi connectivity index (χ1v) is 11.0. The Morgan fingerprint density at radius 1 is 0.455 bits per heavy atom. The van der Waals surface area contributed by atoms with E-state index in [1.165, 1.54) is 5.56 Å². The maximum atomic E-state index is 6.06. The first-order chi connectivity index (χ1) is 16.3. The van der Waals surface area contributed by atoms with Gasteiger partial charge in [0.1, 0.15) is 22.3 Å². The topological polar surface area (TPSA) is 38.3 Å². The Bertz CT molecular complexity index is 1790. The highest BCUT2D eigenvalue weighted by Gasteiger charge is 2.13. The van der Waals surface area contributed by atoms with Crippen molar-refractivity contribution in [3.05, 3.63) is 109 Å². The summed E-state index contributed by atoms with van der Waals surface area (Å²) in [5.41, 5.74) is 8.01. The highest BCUT2D eigenvalue weighted by Crippen LogP contribution is 2.38. The molecule has 7 rings (SSSR count). The van der Waals surface area contributed by atoms with Crippen LogP contribution in [0.15, 0.2) is 118 Å². The molecule has 0 bridgehead atoms. The van der Waals surface area contributed by atoms with Crippen LogP contribution in [0.2, 0.25) is 0 Å². The molecule has 0 saturated carbocycles. The van der Waals surface area contributed by atoms with Crippen molar-refractivity contribution >= 4 is 55.3 Å². The second-order valence-corrected chi connectivity index (χ2v) is 8.26. The fourth-order valence-electron chi connectivity index (χ4n) is 4.78. The molecule has 0 aliphatic carbocycles. The average molecular weight is 425 g/mol. The van der Waals surface area contributed by atoms with E-state index in [0.717, 1.165) is 60.8 Å². The van der Waals surface area contributed by atoms with Gasteiger partial charge in [-0.15, -0.1) is 0 Å². The van der Waals surface area contributed by atoms with Gasteiger partial charge in [-0.2, -0.15) is 0 Å². The molecule has 3 heteroatoms. The Morgan fingerprint density at radius 2 is 1.03 bits per heavy atom. The monoisotopic (exact) mass is 425 g/mol. The smallest absolute Gasteiger partial charge is 0.137 e. The highest BCUT2D eigenvalue weighted by atomic mass is 16.3. The summed E-state index contributed by atoms with van der Waals surface area (Å²) in [5.74, 6) is 0. The fourth-order valence-corrected chi connectivity index (χ4v) is 4.78. The summed E-state index contributed by atoms with van der Waals surface area (Å²) in [6.45, 7) is 0. The summed E-state index contributed by atoms with van der Waals surface area (Å²) >= 11 is 0. The SMILES string of the molecule is c1ccc2c(c1)oc1cccc(Nc3ccc(-c4cccc5oc6ccccc6c45)cc3)c12. The number of hydrogen-bond acceptors (Lipinski definition) is 3. The number of anilines is 2. The van der Waals surface area contributed by atoms with Gasteiger partial charge < -0.3 is 14.2 Å². The summed E-state index contributed by atoms with van der Waals surface area (Å²) in [6.07, 6.45) is 0. The van der Waals surface area contributed by atoms with Crippen molar-refractivity contribution in [1.82, 2.24) is 0 Å². The summed E-state index contributed by atoms with van der Waals surface area (Å²) in [4.78, 5) is 0. The first-order valence-electron chi connectivity index (χ1n) is 11.0. The molecule has 0 amide bonds. The molecule has 33 heavy (non-hydrogen) atoms. The van der Waals surface area contributed by atoms with Gasteiger partial charge in [-0.3, -0.25) is 0 Å². The third kappa shape index (κ3) is 2.83. The molecule has 0 unspecified atom stereocenters. The second-order valence-electron chi connectivity index (χ2n) is 8.26. The number of fused-ring (bicyclic) bond motifs is 6. The van der Waals surface area contributed by atoms with Gasteiger partial charge in [0.2, 0.25) is 0 Å². The fraction of sp³-hybridized carbons (Fsp3) is 0. The molecule has 7 aromatic rings. The van der Waals surface area contributed by atoms with Crippen LogP contribution in [-0.4, -0.2) is 0 Å². The highest BCUT2D eigenvalue weighted by molar-refractivity contribution is 6.13. The summed E-state index contributed by atoms with van der Waals surface area (Å²) < 4.78 is 12.1.